The van der Waals surface area contributed by atoms with Crippen molar-refractivity contribution in [3.8, 4) is 10.6 Å². The highest BCUT2D eigenvalue weighted by Crippen LogP contribution is 2.41. The van der Waals surface area contributed by atoms with Crippen molar-refractivity contribution in [3.63, 3.8) is 0 Å². The van der Waals surface area contributed by atoms with E-state index in [9.17, 15) is 0 Å². The normalized spacial score (nSPS) is 16.1. The van der Waals surface area contributed by atoms with Gasteiger partial charge in [-0.15, -0.1) is 11.3 Å². The minimum atomic E-state index is 0.763. The van der Waals surface area contributed by atoms with E-state index < -0.39 is 0 Å². The fourth-order valence-electron chi connectivity index (χ4n) is 2.14. The number of halogens is 1. The van der Waals surface area contributed by atoms with Crippen LogP contribution in [0.15, 0.2) is 34.2 Å². The van der Waals surface area contributed by atoms with Crippen LogP contribution in [0.5, 0.6) is 0 Å². The third-order valence-corrected chi connectivity index (χ3v) is 4.80. The molecule has 0 aliphatic heterocycles. The summed E-state index contributed by atoms with van der Waals surface area (Å²) in [6.45, 7) is 0. The van der Waals surface area contributed by atoms with Crippen molar-refractivity contribution in [1.29, 1.82) is 0 Å². The second-order valence-electron chi connectivity index (χ2n) is 4.19. The van der Waals surface area contributed by atoms with E-state index in [0.29, 0.717) is 0 Å². The van der Waals surface area contributed by atoms with E-state index in [0.717, 1.165) is 15.5 Å². The van der Waals surface area contributed by atoms with Gasteiger partial charge in [0.15, 0.2) is 0 Å². The summed E-state index contributed by atoms with van der Waals surface area (Å²) in [6.07, 6.45) is 4.05. The predicted octanol–water partition coefficient (Wildman–Crippen LogP) is 4.84. The van der Waals surface area contributed by atoms with Crippen LogP contribution in [0.1, 0.15) is 30.7 Å². The van der Waals surface area contributed by atoms with Crippen LogP contribution in [0.25, 0.3) is 10.6 Å². The van der Waals surface area contributed by atoms with Gasteiger partial charge in [0.2, 0.25) is 0 Å². The summed E-state index contributed by atoms with van der Waals surface area (Å²) >= 11 is 5.13. The zero-order valence-electron chi connectivity index (χ0n) is 8.82. The lowest BCUT2D eigenvalue weighted by atomic mass is 9.78. The summed E-state index contributed by atoms with van der Waals surface area (Å²) in [6, 6.07) is 8.69. The standard InChI is InChI=1S/C13H12BrNS/c14-12-8-16-13(15-12)11-7-2-1-6-10(11)9-4-3-5-9/h1-2,6-9H,3-5H2. The van der Waals surface area contributed by atoms with Crippen LogP contribution < -0.4 is 0 Å². The molecular formula is C13H12BrNS. The van der Waals surface area contributed by atoms with Crippen LogP contribution in [-0.2, 0) is 0 Å². The monoisotopic (exact) mass is 293 g/mol. The molecule has 0 unspecified atom stereocenters. The first-order valence-corrected chi connectivity index (χ1v) is 7.22. The lowest BCUT2D eigenvalue weighted by molar-refractivity contribution is 0.420. The zero-order valence-corrected chi connectivity index (χ0v) is 11.2. The van der Waals surface area contributed by atoms with E-state index in [-0.39, 0.29) is 0 Å². The smallest absolute Gasteiger partial charge is 0.124 e. The van der Waals surface area contributed by atoms with Crippen LogP contribution in [-0.4, -0.2) is 4.98 Å². The van der Waals surface area contributed by atoms with Gasteiger partial charge in [-0.1, -0.05) is 30.7 Å². The molecule has 1 saturated carbocycles. The minimum Gasteiger partial charge on any atom is -0.229 e. The topological polar surface area (TPSA) is 12.9 Å². The average molecular weight is 294 g/mol. The minimum absolute atomic E-state index is 0.763. The number of thiazole rings is 1. The van der Waals surface area contributed by atoms with Gasteiger partial charge < -0.3 is 0 Å². The Hall–Kier alpha value is -0.670. The molecule has 3 heteroatoms. The Morgan fingerprint density at radius 2 is 2.06 bits per heavy atom. The molecule has 82 valence electrons. The molecule has 16 heavy (non-hydrogen) atoms. The van der Waals surface area contributed by atoms with Gasteiger partial charge in [0.25, 0.3) is 0 Å². The molecular weight excluding hydrogens is 282 g/mol. The number of hydrogen-bond donors (Lipinski definition) is 0. The summed E-state index contributed by atoms with van der Waals surface area (Å²) in [5, 5.41) is 3.18. The van der Waals surface area contributed by atoms with Crippen molar-refractivity contribution >= 4 is 27.3 Å². The third-order valence-electron chi connectivity index (χ3n) is 3.21. The highest BCUT2D eigenvalue weighted by molar-refractivity contribution is 9.10. The molecule has 0 N–H and O–H groups in total. The Morgan fingerprint density at radius 3 is 2.69 bits per heavy atom. The molecule has 0 atom stereocenters. The SMILES string of the molecule is Brc1csc(-c2ccccc2C2CCC2)n1. The van der Waals surface area contributed by atoms with Crippen LogP contribution >= 0.6 is 27.3 Å². The first kappa shape index (κ1) is 10.5. The molecule has 0 bridgehead atoms. The Morgan fingerprint density at radius 1 is 1.25 bits per heavy atom. The Labute approximate surface area is 108 Å². The number of aromatic nitrogens is 1. The van der Waals surface area contributed by atoms with E-state index in [1.54, 1.807) is 11.3 Å². The van der Waals surface area contributed by atoms with Crippen molar-refractivity contribution in [2.45, 2.75) is 25.2 Å². The quantitative estimate of drug-likeness (QED) is 0.772. The molecule has 1 aliphatic rings. The van der Waals surface area contributed by atoms with Crippen molar-refractivity contribution < 1.29 is 0 Å². The number of benzene rings is 1. The van der Waals surface area contributed by atoms with Gasteiger partial charge in [-0.3, -0.25) is 0 Å². The molecule has 0 radical (unpaired) electrons. The molecule has 2 aromatic rings. The van der Waals surface area contributed by atoms with Crippen molar-refractivity contribution in [1.82, 2.24) is 4.98 Å². The summed E-state index contributed by atoms with van der Waals surface area (Å²) < 4.78 is 0.941. The van der Waals surface area contributed by atoms with Gasteiger partial charge in [-0.25, -0.2) is 4.98 Å². The molecule has 1 fully saturated rings. The van der Waals surface area contributed by atoms with Gasteiger partial charge >= 0.3 is 0 Å². The Bertz CT molecular complexity index is 502. The second-order valence-corrected chi connectivity index (χ2v) is 5.86. The molecule has 1 aromatic heterocycles. The lowest BCUT2D eigenvalue weighted by Gasteiger charge is -2.27. The first-order valence-electron chi connectivity index (χ1n) is 5.55. The molecule has 0 saturated heterocycles. The average Bonchev–Trinajstić information content (AvgIpc) is 2.63. The maximum absolute atomic E-state index is 4.52. The molecule has 1 aliphatic carbocycles. The number of rotatable bonds is 2. The van der Waals surface area contributed by atoms with E-state index in [4.69, 9.17) is 0 Å². The largest absolute Gasteiger partial charge is 0.229 e. The van der Waals surface area contributed by atoms with E-state index in [2.05, 4.69) is 45.2 Å². The van der Waals surface area contributed by atoms with Gasteiger partial charge in [-0.2, -0.15) is 0 Å². The maximum atomic E-state index is 4.52. The Balaban J connectivity index is 2.05. The predicted molar refractivity (Wildman–Crippen MR) is 71.8 cm³/mol. The first-order chi connectivity index (χ1) is 7.84. The van der Waals surface area contributed by atoms with E-state index in [1.807, 2.05) is 5.38 Å². The second kappa shape index (κ2) is 4.30. The molecule has 0 spiro atoms. The van der Waals surface area contributed by atoms with Crippen LogP contribution in [0.3, 0.4) is 0 Å². The molecule has 0 amide bonds. The number of hydrogen-bond acceptors (Lipinski definition) is 2. The van der Waals surface area contributed by atoms with Gasteiger partial charge in [0.1, 0.15) is 9.61 Å². The zero-order chi connectivity index (χ0) is 11.0. The van der Waals surface area contributed by atoms with E-state index >= 15 is 0 Å². The third kappa shape index (κ3) is 1.82. The van der Waals surface area contributed by atoms with E-state index in [1.165, 1.54) is 30.4 Å². The number of nitrogens with zero attached hydrogens (tertiary/aromatic N) is 1. The van der Waals surface area contributed by atoms with Gasteiger partial charge in [-0.05, 0) is 40.3 Å². The summed E-state index contributed by atoms with van der Waals surface area (Å²) in [5.74, 6) is 0.763. The van der Waals surface area contributed by atoms with Crippen molar-refractivity contribution in [2.75, 3.05) is 0 Å². The van der Waals surface area contributed by atoms with Gasteiger partial charge in [0, 0.05) is 10.9 Å². The summed E-state index contributed by atoms with van der Waals surface area (Å²) in [7, 11) is 0. The Kier molecular flexibility index (Phi) is 2.82. The fourth-order valence-corrected chi connectivity index (χ4v) is 3.45. The highest BCUT2D eigenvalue weighted by atomic mass is 79.9. The van der Waals surface area contributed by atoms with Crippen LogP contribution in [0.4, 0.5) is 0 Å². The maximum Gasteiger partial charge on any atom is 0.124 e. The van der Waals surface area contributed by atoms with Crippen molar-refractivity contribution in [2.24, 2.45) is 0 Å². The van der Waals surface area contributed by atoms with Crippen LogP contribution in [0.2, 0.25) is 0 Å². The van der Waals surface area contributed by atoms with Crippen molar-refractivity contribution in [3.05, 3.63) is 39.8 Å². The molecule has 3 rings (SSSR count). The highest BCUT2D eigenvalue weighted by Gasteiger charge is 2.22. The molecule has 1 heterocycles. The van der Waals surface area contributed by atoms with Crippen LogP contribution in [0, 0.1) is 0 Å². The molecule has 1 nitrogen and oxygen atoms in total. The lowest BCUT2D eigenvalue weighted by Crippen LogP contribution is -2.09. The van der Waals surface area contributed by atoms with Gasteiger partial charge in [0.05, 0.1) is 0 Å². The molecule has 1 aromatic carbocycles. The summed E-state index contributed by atoms with van der Waals surface area (Å²) in [5.41, 5.74) is 2.80. The summed E-state index contributed by atoms with van der Waals surface area (Å²) in [4.78, 5) is 4.52. The fraction of sp³-hybridized carbons (Fsp3) is 0.308.